The maximum atomic E-state index is 10.9. The van der Waals surface area contributed by atoms with Crippen LogP contribution in [0.2, 0.25) is 0 Å². The number of hydrogen-bond donors (Lipinski definition) is 1. The van der Waals surface area contributed by atoms with Gasteiger partial charge in [-0.1, -0.05) is 6.07 Å². The summed E-state index contributed by atoms with van der Waals surface area (Å²) >= 11 is 0. The third-order valence-electron chi connectivity index (χ3n) is 1.73. The number of nitrogens with zero attached hydrogens (tertiary/aromatic N) is 2. The quantitative estimate of drug-likeness (QED) is 0.677. The number of anilines is 1. The summed E-state index contributed by atoms with van der Waals surface area (Å²) in [5.41, 5.74) is 7.06. The van der Waals surface area contributed by atoms with E-state index in [9.17, 15) is 4.79 Å². The van der Waals surface area contributed by atoms with E-state index < -0.39 is 0 Å². The fraction of sp³-hybridized carbons (Fsp3) is 0.222. The van der Waals surface area contributed by atoms with E-state index in [4.69, 9.17) is 5.73 Å². The Morgan fingerprint density at radius 1 is 1.69 bits per heavy atom. The van der Waals surface area contributed by atoms with Crippen molar-refractivity contribution in [3.8, 4) is 0 Å². The number of nitrogen functional groups attached to an aromatic ring is 1. The van der Waals surface area contributed by atoms with Crippen LogP contribution in [0.25, 0.3) is 0 Å². The Balaban J connectivity index is 2.89. The minimum atomic E-state index is -0.255. The van der Waals surface area contributed by atoms with Gasteiger partial charge in [0.15, 0.2) is 0 Å². The molecule has 1 aromatic rings. The van der Waals surface area contributed by atoms with E-state index in [1.807, 2.05) is 6.92 Å². The van der Waals surface area contributed by atoms with Crippen molar-refractivity contribution < 1.29 is 4.79 Å². The number of carbonyl (C=O) groups excluding carboxylic acids is 1. The average molecular weight is 177 g/mol. The van der Waals surface area contributed by atoms with E-state index in [2.05, 4.69) is 16.7 Å². The number of pyridine rings is 1. The number of nitrogens with two attached hydrogens (primary N) is 1. The number of carbonyl (C=O) groups is 1. The Kier molecular flexibility index (Phi) is 2.74. The first-order valence-electron chi connectivity index (χ1n) is 3.85. The third-order valence-corrected chi connectivity index (χ3v) is 1.73. The highest BCUT2D eigenvalue weighted by Crippen LogP contribution is 2.08. The van der Waals surface area contributed by atoms with E-state index in [0.717, 1.165) is 11.3 Å². The Labute approximate surface area is 76.5 Å². The lowest BCUT2D eigenvalue weighted by Crippen LogP contribution is -2.03. The lowest BCUT2D eigenvalue weighted by atomic mass is 10.1. The van der Waals surface area contributed by atoms with Crippen molar-refractivity contribution >= 4 is 18.4 Å². The van der Waals surface area contributed by atoms with Crippen LogP contribution in [0.3, 0.4) is 0 Å². The third kappa shape index (κ3) is 2.37. The summed E-state index contributed by atoms with van der Waals surface area (Å²) < 4.78 is 0. The molecule has 0 fully saturated rings. The smallest absolute Gasteiger partial charge is 0.249 e. The maximum Gasteiger partial charge on any atom is 0.249 e. The largest absolute Gasteiger partial charge is 0.384 e. The molecule has 0 atom stereocenters. The Bertz CT molecular complexity index is 347. The number of rotatable bonds is 2. The van der Waals surface area contributed by atoms with Gasteiger partial charge in [0.1, 0.15) is 5.82 Å². The van der Waals surface area contributed by atoms with Gasteiger partial charge in [-0.25, -0.2) is 9.98 Å². The molecule has 0 radical (unpaired) electrons. The highest BCUT2D eigenvalue weighted by atomic mass is 16.1. The highest BCUT2D eigenvalue weighted by Gasteiger charge is 2.04. The summed E-state index contributed by atoms with van der Waals surface area (Å²) in [7, 11) is 0. The lowest BCUT2D eigenvalue weighted by Gasteiger charge is -2.02. The minimum Gasteiger partial charge on any atom is -0.384 e. The van der Waals surface area contributed by atoms with E-state index in [0.29, 0.717) is 5.82 Å². The molecule has 13 heavy (non-hydrogen) atoms. The van der Waals surface area contributed by atoms with Gasteiger partial charge in [0.2, 0.25) is 5.91 Å². The van der Waals surface area contributed by atoms with Crippen LogP contribution in [0.15, 0.2) is 17.1 Å². The van der Waals surface area contributed by atoms with Crippen molar-refractivity contribution in [2.75, 3.05) is 5.73 Å². The van der Waals surface area contributed by atoms with Crippen LogP contribution in [0.4, 0.5) is 5.82 Å². The van der Waals surface area contributed by atoms with Gasteiger partial charge in [0.25, 0.3) is 0 Å². The van der Waals surface area contributed by atoms with Gasteiger partial charge < -0.3 is 5.73 Å². The zero-order valence-electron chi connectivity index (χ0n) is 7.45. The molecule has 0 saturated heterocycles. The van der Waals surface area contributed by atoms with Gasteiger partial charge in [-0.05, 0) is 25.3 Å². The molecule has 0 saturated carbocycles. The molecule has 0 aromatic carbocycles. The Morgan fingerprint density at radius 3 is 2.92 bits per heavy atom. The second-order valence-electron chi connectivity index (χ2n) is 2.71. The van der Waals surface area contributed by atoms with Crippen molar-refractivity contribution in [2.45, 2.75) is 13.3 Å². The van der Waals surface area contributed by atoms with Crippen LogP contribution < -0.4 is 5.73 Å². The zero-order chi connectivity index (χ0) is 9.84. The molecule has 4 nitrogen and oxygen atoms in total. The molecule has 0 unspecified atom stereocenters. The van der Waals surface area contributed by atoms with Crippen molar-refractivity contribution in [1.29, 1.82) is 0 Å². The number of amides is 1. The second kappa shape index (κ2) is 3.80. The van der Waals surface area contributed by atoms with Gasteiger partial charge in [-0.3, -0.25) is 4.79 Å². The first-order chi connectivity index (χ1) is 6.13. The summed E-state index contributed by atoms with van der Waals surface area (Å²) in [5.74, 6) is 0.204. The molecule has 0 spiro atoms. The Morgan fingerprint density at radius 2 is 2.38 bits per heavy atom. The molecule has 0 aliphatic carbocycles. The van der Waals surface area contributed by atoms with Gasteiger partial charge in [-0.15, -0.1) is 0 Å². The normalized spacial score (nSPS) is 9.62. The molecule has 2 N–H and O–H groups in total. The fourth-order valence-electron chi connectivity index (χ4n) is 1.01. The van der Waals surface area contributed by atoms with E-state index >= 15 is 0 Å². The molecule has 68 valence electrons. The molecular formula is C9H11N3O. The van der Waals surface area contributed by atoms with E-state index in [1.54, 1.807) is 12.1 Å². The molecule has 0 aliphatic rings. The molecule has 0 bridgehead atoms. The van der Waals surface area contributed by atoms with Crippen LogP contribution in [-0.2, 0) is 11.2 Å². The van der Waals surface area contributed by atoms with Crippen molar-refractivity contribution in [1.82, 2.24) is 4.98 Å². The van der Waals surface area contributed by atoms with Crippen LogP contribution >= 0.6 is 0 Å². The van der Waals surface area contributed by atoms with Crippen molar-refractivity contribution in [2.24, 2.45) is 4.99 Å². The minimum absolute atomic E-state index is 0.239. The molecule has 0 aliphatic heterocycles. The molecule has 1 amide bonds. The number of hydrogen-bond acceptors (Lipinski definition) is 3. The average Bonchev–Trinajstić information content (AvgIpc) is 2.09. The van der Waals surface area contributed by atoms with Crippen LogP contribution in [0.5, 0.6) is 0 Å². The molecule has 1 aromatic heterocycles. The molecule has 4 heteroatoms. The summed E-state index contributed by atoms with van der Waals surface area (Å²) in [4.78, 5) is 18.3. The van der Waals surface area contributed by atoms with E-state index in [-0.39, 0.29) is 12.3 Å². The lowest BCUT2D eigenvalue weighted by molar-refractivity contribution is -0.117. The molecule has 1 rings (SSSR count). The second-order valence-corrected chi connectivity index (χ2v) is 2.71. The first-order valence-corrected chi connectivity index (χ1v) is 3.85. The van der Waals surface area contributed by atoms with E-state index in [1.165, 1.54) is 0 Å². The van der Waals surface area contributed by atoms with Gasteiger partial charge >= 0.3 is 0 Å². The zero-order valence-corrected chi connectivity index (χ0v) is 7.45. The SMILES string of the molecule is C=NC(=O)Cc1ccc(N)nc1C. The first kappa shape index (κ1) is 9.38. The predicted molar refractivity (Wildman–Crippen MR) is 51.6 cm³/mol. The standard InChI is InChI=1S/C9H11N3O/c1-6-7(5-9(13)11-2)3-4-8(10)12-6/h3-4H,2,5H2,1H3,(H2,10,12). The summed E-state index contributed by atoms with van der Waals surface area (Å²) in [5, 5.41) is 0. The molecular weight excluding hydrogens is 166 g/mol. The highest BCUT2D eigenvalue weighted by molar-refractivity contribution is 5.82. The van der Waals surface area contributed by atoms with Crippen LogP contribution in [-0.4, -0.2) is 17.6 Å². The number of aryl methyl sites for hydroxylation is 1. The van der Waals surface area contributed by atoms with Crippen LogP contribution in [0, 0.1) is 6.92 Å². The topological polar surface area (TPSA) is 68.3 Å². The van der Waals surface area contributed by atoms with Gasteiger partial charge in [0.05, 0.1) is 6.42 Å². The van der Waals surface area contributed by atoms with Crippen molar-refractivity contribution in [3.05, 3.63) is 23.4 Å². The fourth-order valence-corrected chi connectivity index (χ4v) is 1.01. The summed E-state index contributed by atoms with van der Waals surface area (Å²) in [6.45, 7) is 4.97. The Hall–Kier alpha value is -1.71. The maximum absolute atomic E-state index is 10.9. The summed E-state index contributed by atoms with van der Waals surface area (Å²) in [6, 6.07) is 3.44. The summed E-state index contributed by atoms with van der Waals surface area (Å²) in [6.07, 6.45) is 0.239. The molecule has 1 heterocycles. The monoisotopic (exact) mass is 177 g/mol. The van der Waals surface area contributed by atoms with Crippen molar-refractivity contribution in [3.63, 3.8) is 0 Å². The number of aliphatic imine (C=N–C) groups is 1. The van der Waals surface area contributed by atoms with Gasteiger partial charge in [0, 0.05) is 5.69 Å². The predicted octanol–water partition coefficient (Wildman–Crippen LogP) is 0.742. The number of aromatic nitrogens is 1. The van der Waals surface area contributed by atoms with Gasteiger partial charge in [-0.2, -0.15) is 0 Å². The van der Waals surface area contributed by atoms with Crippen LogP contribution in [0.1, 0.15) is 11.3 Å².